The minimum absolute atomic E-state index is 0.00704. The molecule has 0 fully saturated rings. The van der Waals surface area contributed by atoms with Crippen molar-refractivity contribution in [1.29, 1.82) is 5.26 Å². The molecule has 0 N–H and O–H groups in total. The smallest absolute Gasteiger partial charge is 0.206 e. The Morgan fingerprint density at radius 2 is 1.80 bits per heavy atom. The Bertz CT molecular complexity index is 678. The molecule has 0 saturated heterocycles. The predicted octanol–water partition coefficient (Wildman–Crippen LogP) is 4.69. The first-order valence-corrected chi connectivity index (χ1v) is 5.90. The molecule has 0 radical (unpaired) electrons. The minimum Gasteiger partial charge on any atom is -0.206 e. The zero-order chi connectivity index (χ0) is 14.5. The molecule has 2 rings (SSSR count). The molecule has 2 aromatic carbocycles. The predicted molar refractivity (Wildman–Crippen MR) is 70.6 cm³/mol. The van der Waals surface area contributed by atoms with Crippen molar-refractivity contribution in [3.8, 4) is 17.2 Å². The van der Waals surface area contributed by atoms with Crippen LogP contribution in [0.25, 0.3) is 11.1 Å². The van der Waals surface area contributed by atoms with Crippen LogP contribution < -0.4 is 0 Å². The summed E-state index contributed by atoms with van der Waals surface area (Å²) in [4.78, 5) is 0. The van der Waals surface area contributed by atoms with Gasteiger partial charge in [-0.2, -0.15) is 14.0 Å². The molecule has 0 aliphatic heterocycles. The van der Waals surface area contributed by atoms with Gasteiger partial charge in [0.15, 0.2) is 0 Å². The van der Waals surface area contributed by atoms with E-state index in [1.54, 1.807) is 36.4 Å². The zero-order valence-corrected chi connectivity index (χ0v) is 10.4. The Hall–Kier alpha value is -2.54. The van der Waals surface area contributed by atoms with Crippen LogP contribution in [0.2, 0.25) is 0 Å². The lowest BCUT2D eigenvalue weighted by Crippen LogP contribution is -1.89. The lowest BCUT2D eigenvalue weighted by Gasteiger charge is -2.05. The Kier molecular flexibility index (Phi) is 4.21. The Morgan fingerprint density at radius 3 is 2.35 bits per heavy atom. The summed E-state index contributed by atoms with van der Waals surface area (Å²) in [6.07, 6.45) is -1.04. The van der Waals surface area contributed by atoms with Crippen LogP contribution in [0, 0.1) is 17.1 Å². The van der Waals surface area contributed by atoms with Gasteiger partial charge in [0.1, 0.15) is 5.82 Å². The highest BCUT2D eigenvalue weighted by atomic mass is 19.3. The second-order valence-corrected chi connectivity index (χ2v) is 4.20. The van der Waals surface area contributed by atoms with Crippen LogP contribution in [0.1, 0.15) is 11.1 Å². The number of benzene rings is 2. The number of hydrogen-bond acceptors (Lipinski definition) is 1. The van der Waals surface area contributed by atoms with Gasteiger partial charge in [-0.05, 0) is 41.8 Å². The molecule has 0 aliphatic carbocycles. The van der Waals surface area contributed by atoms with Crippen LogP contribution in [-0.4, -0.2) is 0 Å². The molecule has 0 aromatic heterocycles. The van der Waals surface area contributed by atoms with Crippen LogP contribution in [0.4, 0.5) is 13.2 Å². The first-order valence-electron chi connectivity index (χ1n) is 5.90. The van der Waals surface area contributed by atoms with E-state index in [1.165, 1.54) is 6.07 Å². The lowest BCUT2D eigenvalue weighted by molar-refractivity contribution is 0.418. The fourth-order valence-corrected chi connectivity index (χ4v) is 1.84. The topological polar surface area (TPSA) is 23.8 Å². The summed E-state index contributed by atoms with van der Waals surface area (Å²) in [5.41, 5.74) is 1.99. The van der Waals surface area contributed by atoms with E-state index in [9.17, 15) is 13.2 Å². The largest absolute Gasteiger partial charge is 0.266 e. The molecule has 0 aliphatic rings. The van der Waals surface area contributed by atoms with E-state index >= 15 is 0 Å². The van der Waals surface area contributed by atoms with Gasteiger partial charge in [-0.25, -0.2) is 4.39 Å². The van der Waals surface area contributed by atoms with E-state index in [0.717, 1.165) is 6.08 Å². The molecule has 0 atom stereocenters. The van der Waals surface area contributed by atoms with Gasteiger partial charge >= 0.3 is 0 Å². The third-order valence-electron chi connectivity index (χ3n) is 2.85. The first kappa shape index (κ1) is 13.9. The maximum atomic E-state index is 14.0. The summed E-state index contributed by atoms with van der Waals surface area (Å²) < 4.78 is 37.9. The van der Waals surface area contributed by atoms with Crippen molar-refractivity contribution in [1.82, 2.24) is 0 Å². The highest BCUT2D eigenvalue weighted by Gasteiger charge is 2.06. The highest BCUT2D eigenvalue weighted by molar-refractivity contribution is 5.65. The highest BCUT2D eigenvalue weighted by Crippen LogP contribution is 2.24. The number of nitriles is 1. The normalized spacial score (nSPS) is 9.90. The molecule has 2 aromatic rings. The van der Waals surface area contributed by atoms with Gasteiger partial charge in [0.2, 0.25) is 0 Å². The van der Waals surface area contributed by atoms with Crippen LogP contribution in [-0.2, 0) is 6.42 Å². The fourth-order valence-electron chi connectivity index (χ4n) is 1.84. The van der Waals surface area contributed by atoms with E-state index in [2.05, 4.69) is 0 Å². The SMILES string of the molecule is N#Cc1ccc(-c2ccc(CC=C(F)F)cc2F)cc1. The summed E-state index contributed by atoms with van der Waals surface area (Å²) in [6, 6.07) is 12.9. The Morgan fingerprint density at radius 1 is 1.10 bits per heavy atom. The van der Waals surface area contributed by atoms with Crippen molar-refractivity contribution in [2.75, 3.05) is 0 Å². The van der Waals surface area contributed by atoms with Crippen molar-refractivity contribution >= 4 is 0 Å². The van der Waals surface area contributed by atoms with Gasteiger partial charge in [0.05, 0.1) is 11.6 Å². The maximum absolute atomic E-state index is 14.0. The fraction of sp³-hybridized carbons (Fsp3) is 0.0625. The molecule has 1 nitrogen and oxygen atoms in total. The lowest BCUT2D eigenvalue weighted by atomic mass is 10.0. The quantitative estimate of drug-likeness (QED) is 0.796. The van der Waals surface area contributed by atoms with Gasteiger partial charge < -0.3 is 0 Å². The van der Waals surface area contributed by atoms with Crippen molar-refractivity contribution in [3.63, 3.8) is 0 Å². The third kappa shape index (κ3) is 3.27. The molecule has 100 valence electrons. The number of hydrogen-bond donors (Lipinski definition) is 0. The molecule has 0 amide bonds. The van der Waals surface area contributed by atoms with Gasteiger partial charge in [0, 0.05) is 5.56 Å². The Balaban J connectivity index is 2.29. The van der Waals surface area contributed by atoms with Gasteiger partial charge in [-0.15, -0.1) is 0 Å². The minimum atomic E-state index is -1.78. The van der Waals surface area contributed by atoms with Crippen molar-refractivity contribution in [2.45, 2.75) is 6.42 Å². The molecule has 4 heteroatoms. The van der Waals surface area contributed by atoms with Crippen LogP contribution in [0.15, 0.2) is 54.6 Å². The molecule has 0 bridgehead atoms. The summed E-state index contributed by atoms with van der Waals surface area (Å²) in [6.45, 7) is 0. The number of rotatable bonds is 3. The second kappa shape index (κ2) is 6.07. The summed E-state index contributed by atoms with van der Waals surface area (Å²) in [5, 5.41) is 8.70. The molecule has 20 heavy (non-hydrogen) atoms. The third-order valence-corrected chi connectivity index (χ3v) is 2.85. The van der Waals surface area contributed by atoms with E-state index in [1.807, 2.05) is 6.07 Å². The standard InChI is InChI=1S/C16H10F3N/c17-15-9-11(4-8-16(18)19)3-7-14(15)13-5-1-12(10-20)2-6-13/h1-3,5-9H,4H2. The average molecular weight is 273 g/mol. The molecule has 0 saturated carbocycles. The zero-order valence-electron chi connectivity index (χ0n) is 10.4. The van der Waals surface area contributed by atoms with E-state index in [0.29, 0.717) is 22.3 Å². The summed E-state index contributed by atoms with van der Waals surface area (Å²) in [7, 11) is 0. The van der Waals surface area contributed by atoms with Crippen molar-refractivity contribution < 1.29 is 13.2 Å². The monoisotopic (exact) mass is 273 g/mol. The van der Waals surface area contributed by atoms with E-state index < -0.39 is 11.9 Å². The summed E-state index contributed by atoms with van der Waals surface area (Å²) in [5.74, 6) is -0.472. The van der Waals surface area contributed by atoms with Crippen LogP contribution >= 0.6 is 0 Å². The van der Waals surface area contributed by atoms with Crippen LogP contribution in [0.5, 0.6) is 0 Å². The van der Waals surface area contributed by atoms with Gasteiger partial charge in [0.25, 0.3) is 6.08 Å². The second-order valence-electron chi connectivity index (χ2n) is 4.20. The molecule has 0 heterocycles. The van der Waals surface area contributed by atoms with Crippen molar-refractivity contribution in [3.05, 3.63) is 71.6 Å². The van der Waals surface area contributed by atoms with Gasteiger partial charge in [-0.3, -0.25) is 0 Å². The van der Waals surface area contributed by atoms with Gasteiger partial charge in [-0.1, -0.05) is 24.3 Å². The number of allylic oxidation sites excluding steroid dienone is 1. The number of nitrogens with zero attached hydrogens (tertiary/aromatic N) is 1. The molecule has 0 spiro atoms. The molecular weight excluding hydrogens is 263 g/mol. The molecule has 0 unspecified atom stereocenters. The Labute approximate surface area is 114 Å². The van der Waals surface area contributed by atoms with E-state index in [4.69, 9.17) is 5.26 Å². The van der Waals surface area contributed by atoms with Crippen LogP contribution in [0.3, 0.4) is 0 Å². The first-order chi connectivity index (χ1) is 9.60. The van der Waals surface area contributed by atoms with Crippen molar-refractivity contribution in [2.24, 2.45) is 0 Å². The number of halogens is 3. The summed E-state index contributed by atoms with van der Waals surface area (Å²) >= 11 is 0. The average Bonchev–Trinajstić information content (AvgIpc) is 2.45. The van der Waals surface area contributed by atoms with E-state index in [-0.39, 0.29) is 6.42 Å². The molecular formula is C16H10F3N. The maximum Gasteiger partial charge on any atom is 0.266 e.